The minimum Gasteiger partial charge on any atom is -0.436 e. The number of aromatic nitrogens is 2. The van der Waals surface area contributed by atoms with Crippen molar-refractivity contribution in [3.63, 3.8) is 0 Å². The van der Waals surface area contributed by atoms with Crippen molar-refractivity contribution in [3.05, 3.63) is 132 Å². The summed E-state index contributed by atoms with van der Waals surface area (Å²) >= 11 is 0. The molecule has 0 aliphatic rings. The first-order valence-corrected chi connectivity index (χ1v) is 10.8. The van der Waals surface area contributed by atoms with E-state index >= 15 is 0 Å². The Morgan fingerprint density at radius 3 is 2.09 bits per heavy atom. The molecule has 5 aromatic rings. The van der Waals surface area contributed by atoms with Crippen molar-refractivity contribution in [2.45, 2.75) is 6.54 Å². The van der Waals surface area contributed by atoms with E-state index in [2.05, 4.69) is 58.1 Å². The lowest BCUT2D eigenvalue weighted by atomic mass is 10.1. The molecule has 0 aliphatic heterocycles. The fourth-order valence-corrected chi connectivity index (χ4v) is 3.56. The summed E-state index contributed by atoms with van der Waals surface area (Å²) in [5, 5.41) is 0. The zero-order valence-electron chi connectivity index (χ0n) is 17.9. The van der Waals surface area contributed by atoms with E-state index in [-0.39, 0.29) is 5.82 Å². The van der Waals surface area contributed by atoms with E-state index in [4.69, 9.17) is 4.42 Å². The van der Waals surface area contributed by atoms with Gasteiger partial charge in [0.2, 0.25) is 5.89 Å². The van der Waals surface area contributed by atoms with Crippen molar-refractivity contribution in [3.8, 4) is 22.8 Å². The van der Waals surface area contributed by atoms with Crippen LogP contribution >= 0.6 is 0 Å². The molecule has 0 N–H and O–H groups in total. The predicted octanol–water partition coefficient (Wildman–Crippen LogP) is 6.65. The number of rotatable bonds is 6. The van der Waals surface area contributed by atoms with Crippen LogP contribution in [0.5, 0.6) is 0 Å². The third kappa shape index (κ3) is 5.13. The summed E-state index contributed by atoms with van der Waals surface area (Å²) in [5.74, 6) is 0.878. The van der Waals surface area contributed by atoms with E-state index in [1.165, 1.54) is 28.8 Å². The Balaban J connectivity index is 1.24. The van der Waals surface area contributed by atoms with Gasteiger partial charge in [0.25, 0.3) is 0 Å². The molecular weight excluding hydrogens is 411 g/mol. The maximum Gasteiger partial charge on any atom is 0.227 e. The van der Waals surface area contributed by atoms with Crippen LogP contribution in [0.3, 0.4) is 0 Å². The summed E-state index contributed by atoms with van der Waals surface area (Å²) in [6.07, 6.45) is 9.93. The summed E-state index contributed by atoms with van der Waals surface area (Å²) in [4.78, 5) is 4.37. The Kier molecular flexibility index (Phi) is 5.89. The molecule has 0 saturated heterocycles. The third-order valence-corrected chi connectivity index (χ3v) is 5.39. The minimum atomic E-state index is -0.274. The molecule has 0 radical (unpaired) electrons. The van der Waals surface area contributed by atoms with Gasteiger partial charge in [-0.3, -0.25) is 0 Å². The van der Waals surface area contributed by atoms with Gasteiger partial charge in [0, 0.05) is 28.8 Å². The lowest BCUT2D eigenvalue weighted by Crippen LogP contribution is -2.32. The zero-order chi connectivity index (χ0) is 22.5. The molecule has 0 unspecified atom stereocenters. The average molecular weight is 434 g/mol. The number of hydrogen-bond donors (Lipinski definition) is 0. The van der Waals surface area contributed by atoms with Crippen molar-refractivity contribution in [2.75, 3.05) is 0 Å². The molecule has 5 rings (SSSR count). The maximum atomic E-state index is 13.1. The van der Waals surface area contributed by atoms with E-state index in [9.17, 15) is 4.39 Å². The standard InChI is InChI=1S/C29H22FN2O/c30-27-14-12-25(13-15-27)28-20-31-29(33-28)26-16-18-32(19-17-26)21-24-10-8-23(9-11-24)7-6-22-4-2-1-3-5-22/h1-20H,21H2/q+1/b7-6+. The number of hydrogen-bond acceptors (Lipinski definition) is 2. The second kappa shape index (κ2) is 9.45. The Morgan fingerprint density at radius 1 is 0.727 bits per heavy atom. The van der Waals surface area contributed by atoms with Gasteiger partial charge in [-0.1, -0.05) is 66.7 Å². The molecule has 4 heteroatoms. The van der Waals surface area contributed by atoms with Gasteiger partial charge in [0.1, 0.15) is 5.82 Å². The zero-order valence-corrected chi connectivity index (χ0v) is 17.9. The topological polar surface area (TPSA) is 29.9 Å². The molecule has 0 atom stereocenters. The van der Waals surface area contributed by atoms with E-state index in [1.54, 1.807) is 18.3 Å². The molecule has 3 aromatic carbocycles. The molecule has 0 bridgehead atoms. The van der Waals surface area contributed by atoms with Crippen LogP contribution in [0.2, 0.25) is 0 Å². The first kappa shape index (κ1) is 20.6. The van der Waals surface area contributed by atoms with Gasteiger partial charge in [0.05, 0.1) is 6.20 Å². The lowest BCUT2D eigenvalue weighted by Gasteiger charge is -2.01. The molecule has 3 nitrogen and oxygen atoms in total. The van der Waals surface area contributed by atoms with E-state index in [0.717, 1.165) is 17.7 Å². The fourth-order valence-electron chi connectivity index (χ4n) is 3.56. The molecule has 0 saturated carbocycles. The van der Waals surface area contributed by atoms with Crippen LogP contribution < -0.4 is 4.57 Å². The monoisotopic (exact) mass is 433 g/mol. The number of pyridine rings is 1. The van der Waals surface area contributed by atoms with Crippen molar-refractivity contribution in [1.29, 1.82) is 0 Å². The van der Waals surface area contributed by atoms with Gasteiger partial charge in [-0.25, -0.2) is 13.9 Å². The molecule has 0 spiro atoms. The predicted molar refractivity (Wildman–Crippen MR) is 128 cm³/mol. The van der Waals surface area contributed by atoms with E-state index in [0.29, 0.717) is 11.7 Å². The Morgan fingerprint density at radius 2 is 1.39 bits per heavy atom. The van der Waals surface area contributed by atoms with Crippen molar-refractivity contribution < 1.29 is 13.4 Å². The largest absolute Gasteiger partial charge is 0.436 e. The summed E-state index contributed by atoms with van der Waals surface area (Å²) in [7, 11) is 0. The summed E-state index contributed by atoms with van der Waals surface area (Å²) in [6, 6.07) is 29.0. The maximum absolute atomic E-state index is 13.1. The van der Waals surface area contributed by atoms with Gasteiger partial charge in [0.15, 0.2) is 24.7 Å². The highest BCUT2D eigenvalue weighted by Gasteiger charge is 2.11. The highest BCUT2D eigenvalue weighted by molar-refractivity contribution is 5.69. The van der Waals surface area contributed by atoms with Crippen LogP contribution in [0.1, 0.15) is 16.7 Å². The smallest absolute Gasteiger partial charge is 0.227 e. The average Bonchev–Trinajstić information content (AvgIpc) is 3.36. The first-order valence-electron chi connectivity index (χ1n) is 10.8. The molecule has 0 fully saturated rings. The van der Waals surface area contributed by atoms with Gasteiger partial charge >= 0.3 is 0 Å². The van der Waals surface area contributed by atoms with Crippen LogP contribution in [-0.4, -0.2) is 4.98 Å². The SMILES string of the molecule is Fc1ccc(-c2cnc(-c3cc[n+](Cc4ccc(/C=C/c5ccccc5)cc4)cc3)o2)cc1. The number of oxazole rings is 1. The Labute approximate surface area is 192 Å². The molecule has 33 heavy (non-hydrogen) atoms. The molecule has 160 valence electrons. The second-order valence-electron chi connectivity index (χ2n) is 7.78. The van der Waals surface area contributed by atoms with E-state index in [1.807, 2.05) is 42.7 Å². The van der Waals surface area contributed by atoms with Crippen molar-refractivity contribution >= 4 is 12.2 Å². The number of nitrogens with zero attached hydrogens (tertiary/aromatic N) is 2. The number of halogens is 1. The van der Waals surface area contributed by atoms with Gasteiger partial charge in [-0.2, -0.15) is 0 Å². The van der Waals surface area contributed by atoms with Crippen LogP contribution in [0.4, 0.5) is 4.39 Å². The number of benzene rings is 3. The minimum absolute atomic E-state index is 0.274. The Hall–Kier alpha value is -4.31. The summed E-state index contributed by atoms with van der Waals surface area (Å²) in [6.45, 7) is 0.773. The van der Waals surface area contributed by atoms with Crippen molar-refractivity contribution in [1.82, 2.24) is 4.98 Å². The van der Waals surface area contributed by atoms with Crippen LogP contribution in [0.15, 0.2) is 114 Å². The first-order chi connectivity index (χ1) is 16.2. The lowest BCUT2D eigenvalue weighted by molar-refractivity contribution is -0.688. The molecular formula is C29H22FN2O+. The molecule has 0 amide bonds. The van der Waals surface area contributed by atoms with Crippen LogP contribution in [-0.2, 0) is 6.54 Å². The normalized spacial score (nSPS) is 11.2. The molecule has 0 aliphatic carbocycles. The highest BCUT2D eigenvalue weighted by atomic mass is 19.1. The molecule has 2 heterocycles. The van der Waals surface area contributed by atoms with E-state index < -0.39 is 0 Å². The van der Waals surface area contributed by atoms with Crippen molar-refractivity contribution in [2.24, 2.45) is 0 Å². The highest BCUT2D eigenvalue weighted by Crippen LogP contribution is 2.25. The van der Waals surface area contributed by atoms with Gasteiger partial charge in [-0.05, 0) is 35.4 Å². The van der Waals surface area contributed by atoms with Gasteiger partial charge < -0.3 is 4.42 Å². The Bertz CT molecular complexity index is 1350. The quantitative estimate of drug-likeness (QED) is 0.222. The summed E-state index contributed by atoms with van der Waals surface area (Å²) in [5.41, 5.74) is 5.26. The van der Waals surface area contributed by atoms with Gasteiger partial charge in [-0.15, -0.1) is 0 Å². The molecule has 2 aromatic heterocycles. The van der Waals surface area contributed by atoms with Crippen LogP contribution in [0, 0.1) is 5.82 Å². The third-order valence-electron chi connectivity index (χ3n) is 5.39. The van der Waals surface area contributed by atoms with Crippen LogP contribution in [0.25, 0.3) is 34.9 Å². The fraction of sp³-hybridized carbons (Fsp3) is 0.0345. The summed E-state index contributed by atoms with van der Waals surface area (Å²) < 4.78 is 21.1. The second-order valence-corrected chi connectivity index (χ2v) is 7.78.